The third-order valence-electron chi connectivity index (χ3n) is 3.95. The molecule has 6 heteroatoms. The van der Waals surface area contributed by atoms with Crippen molar-refractivity contribution >= 4 is 23.2 Å². The molecular weight excluding hydrogens is 330 g/mol. The molecule has 138 valence electrons. The van der Waals surface area contributed by atoms with Crippen LogP contribution in [0.1, 0.15) is 42.5 Å². The molecule has 0 aromatic heterocycles. The van der Waals surface area contributed by atoms with Gasteiger partial charge in [-0.25, -0.2) is 5.48 Å². The molecule has 26 heavy (non-hydrogen) atoms. The van der Waals surface area contributed by atoms with E-state index < -0.39 is 0 Å². The standard InChI is InChI=1S/C20H25N3O3/c24-19(23-26)10-6-1-2-7-15-21-20(25)16-11-13-18(14-12-16)22-17-8-4-3-5-9-17/h3-5,8-9,11-14,22,26H,1-2,6-7,10,15H2,(H,21,25)(H,23,24). The molecule has 0 heterocycles. The lowest BCUT2D eigenvalue weighted by molar-refractivity contribution is -0.129. The van der Waals surface area contributed by atoms with Crippen LogP contribution in [0.25, 0.3) is 0 Å². The lowest BCUT2D eigenvalue weighted by Gasteiger charge is -2.08. The number of carbonyl (C=O) groups is 2. The van der Waals surface area contributed by atoms with Gasteiger partial charge >= 0.3 is 0 Å². The Kier molecular flexibility index (Phi) is 8.15. The van der Waals surface area contributed by atoms with Crippen molar-refractivity contribution < 1.29 is 14.8 Å². The molecule has 0 saturated heterocycles. The molecule has 0 spiro atoms. The predicted molar refractivity (Wildman–Crippen MR) is 102 cm³/mol. The van der Waals surface area contributed by atoms with E-state index in [0.29, 0.717) is 18.5 Å². The summed E-state index contributed by atoms with van der Waals surface area (Å²) in [5, 5.41) is 14.6. The van der Waals surface area contributed by atoms with Crippen molar-refractivity contribution in [3.8, 4) is 0 Å². The molecule has 0 fully saturated rings. The van der Waals surface area contributed by atoms with Gasteiger partial charge in [0.15, 0.2) is 0 Å². The fourth-order valence-corrected chi connectivity index (χ4v) is 2.52. The molecule has 0 aliphatic carbocycles. The SMILES string of the molecule is O=C(CCCCCCNC(=O)c1ccc(Nc2ccccc2)cc1)NO. The minimum absolute atomic E-state index is 0.0871. The Labute approximate surface area is 153 Å². The van der Waals surface area contributed by atoms with Gasteiger partial charge in [-0.1, -0.05) is 31.0 Å². The Hall–Kier alpha value is -2.86. The number of para-hydroxylation sites is 1. The predicted octanol–water partition coefficient (Wildman–Crippen LogP) is 3.62. The highest BCUT2D eigenvalue weighted by Crippen LogP contribution is 2.16. The Bertz CT molecular complexity index is 687. The van der Waals surface area contributed by atoms with Gasteiger partial charge in [0.1, 0.15) is 0 Å². The number of nitrogens with one attached hydrogen (secondary N) is 3. The topological polar surface area (TPSA) is 90.5 Å². The van der Waals surface area contributed by atoms with Gasteiger partial charge in [0.05, 0.1) is 0 Å². The number of benzene rings is 2. The van der Waals surface area contributed by atoms with Crippen molar-refractivity contribution in [3.05, 3.63) is 60.2 Å². The molecule has 2 aromatic rings. The molecule has 2 aromatic carbocycles. The summed E-state index contributed by atoms with van der Waals surface area (Å²) in [4.78, 5) is 23.0. The van der Waals surface area contributed by atoms with Gasteiger partial charge in [0.2, 0.25) is 5.91 Å². The van der Waals surface area contributed by atoms with Crippen LogP contribution in [0.5, 0.6) is 0 Å². The van der Waals surface area contributed by atoms with E-state index in [4.69, 9.17) is 5.21 Å². The number of hydrogen-bond donors (Lipinski definition) is 4. The number of rotatable bonds is 10. The third kappa shape index (κ3) is 6.94. The van der Waals surface area contributed by atoms with E-state index >= 15 is 0 Å². The zero-order chi connectivity index (χ0) is 18.6. The van der Waals surface area contributed by atoms with Crippen LogP contribution in [-0.2, 0) is 4.79 Å². The maximum Gasteiger partial charge on any atom is 0.251 e. The lowest BCUT2D eigenvalue weighted by Crippen LogP contribution is -2.24. The number of unbranched alkanes of at least 4 members (excludes halogenated alkanes) is 3. The maximum atomic E-state index is 12.1. The van der Waals surface area contributed by atoms with E-state index in [1.165, 1.54) is 0 Å². The second-order valence-electron chi connectivity index (χ2n) is 6.02. The van der Waals surface area contributed by atoms with Crippen molar-refractivity contribution in [3.63, 3.8) is 0 Å². The van der Waals surface area contributed by atoms with Gasteiger partial charge in [-0.3, -0.25) is 14.8 Å². The number of carbonyl (C=O) groups excluding carboxylic acids is 2. The fourth-order valence-electron chi connectivity index (χ4n) is 2.52. The first-order valence-electron chi connectivity index (χ1n) is 8.82. The molecule has 0 saturated carbocycles. The van der Waals surface area contributed by atoms with Crippen LogP contribution >= 0.6 is 0 Å². The molecule has 0 aliphatic heterocycles. The number of hydroxylamine groups is 1. The molecule has 0 atom stereocenters. The summed E-state index contributed by atoms with van der Waals surface area (Å²) in [5.74, 6) is -0.445. The number of anilines is 2. The summed E-state index contributed by atoms with van der Waals surface area (Å²) in [6.07, 6.45) is 3.74. The zero-order valence-electron chi connectivity index (χ0n) is 14.7. The smallest absolute Gasteiger partial charge is 0.251 e. The molecular formula is C20H25N3O3. The van der Waals surface area contributed by atoms with Gasteiger partial charge in [-0.2, -0.15) is 0 Å². The monoisotopic (exact) mass is 355 g/mol. The molecule has 0 radical (unpaired) electrons. The zero-order valence-corrected chi connectivity index (χ0v) is 14.7. The fraction of sp³-hybridized carbons (Fsp3) is 0.300. The van der Waals surface area contributed by atoms with Crippen molar-refractivity contribution in [2.45, 2.75) is 32.1 Å². The largest absolute Gasteiger partial charge is 0.356 e. The molecule has 0 bridgehead atoms. The first-order chi connectivity index (χ1) is 12.7. The maximum absolute atomic E-state index is 12.1. The Morgan fingerprint density at radius 1 is 0.808 bits per heavy atom. The molecule has 2 amide bonds. The van der Waals surface area contributed by atoms with Crippen LogP contribution in [0.2, 0.25) is 0 Å². The third-order valence-corrected chi connectivity index (χ3v) is 3.95. The highest BCUT2D eigenvalue weighted by atomic mass is 16.5. The van der Waals surface area contributed by atoms with E-state index in [2.05, 4.69) is 10.6 Å². The van der Waals surface area contributed by atoms with Crippen molar-refractivity contribution in [2.24, 2.45) is 0 Å². The van der Waals surface area contributed by atoms with Crippen molar-refractivity contribution in [2.75, 3.05) is 11.9 Å². The van der Waals surface area contributed by atoms with E-state index in [0.717, 1.165) is 37.1 Å². The Morgan fingerprint density at radius 2 is 1.46 bits per heavy atom. The molecule has 0 unspecified atom stereocenters. The first-order valence-corrected chi connectivity index (χ1v) is 8.82. The summed E-state index contributed by atoms with van der Waals surface area (Å²) in [5.41, 5.74) is 4.18. The van der Waals surface area contributed by atoms with Crippen molar-refractivity contribution in [1.29, 1.82) is 0 Å². The van der Waals surface area contributed by atoms with E-state index in [-0.39, 0.29) is 11.8 Å². The Balaban J connectivity index is 1.65. The number of amides is 2. The van der Waals surface area contributed by atoms with Crippen LogP contribution in [-0.4, -0.2) is 23.6 Å². The van der Waals surface area contributed by atoms with Crippen LogP contribution < -0.4 is 16.1 Å². The quantitative estimate of drug-likeness (QED) is 0.298. The number of hydrogen-bond acceptors (Lipinski definition) is 4. The van der Waals surface area contributed by atoms with E-state index in [1.807, 2.05) is 42.5 Å². The molecule has 4 N–H and O–H groups in total. The lowest BCUT2D eigenvalue weighted by atomic mass is 10.1. The summed E-state index contributed by atoms with van der Waals surface area (Å²) in [6, 6.07) is 17.2. The normalized spacial score (nSPS) is 10.2. The van der Waals surface area contributed by atoms with Gasteiger partial charge in [0.25, 0.3) is 5.91 Å². The molecule has 0 aliphatic rings. The minimum Gasteiger partial charge on any atom is -0.356 e. The van der Waals surface area contributed by atoms with Crippen LogP contribution in [0.4, 0.5) is 11.4 Å². The van der Waals surface area contributed by atoms with E-state index in [1.54, 1.807) is 17.6 Å². The average molecular weight is 355 g/mol. The molecule has 2 rings (SSSR count). The average Bonchev–Trinajstić information content (AvgIpc) is 2.68. The minimum atomic E-state index is -0.358. The van der Waals surface area contributed by atoms with E-state index in [9.17, 15) is 9.59 Å². The van der Waals surface area contributed by atoms with Gasteiger partial charge < -0.3 is 10.6 Å². The van der Waals surface area contributed by atoms with Gasteiger partial charge in [-0.05, 0) is 49.2 Å². The second-order valence-corrected chi connectivity index (χ2v) is 6.02. The highest BCUT2D eigenvalue weighted by Gasteiger charge is 2.05. The summed E-state index contributed by atoms with van der Waals surface area (Å²) >= 11 is 0. The highest BCUT2D eigenvalue weighted by molar-refractivity contribution is 5.94. The van der Waals surface area contributed by atoms with Crippen molar-refractivity contribution in [1.82, 2.24) is 10.8 Å². The van der Waals surface area contributed by atoms with Gasteiger partial charge in [-0.15, -0.1) is 0 Å². The van der Waals surface area contributed by atoms with Crippen LogP contribution in [0.15, 0.2) is 54.6 Å². The summed E-state index contributed by atoms with van der Waals surface area (Å²) in [7, 11) is 0. The molecule has 6 nitrogen and oxygen atoms in total. The summed E-state index contributed by atoms with van der Waals surface area (Å²) in [6.45, 7) is 0.606. The summed E-state index contributed by atoms with van der Waals surface area (Å²) < 4.78 is 0. The van der Waals surface area contributed by atoms with Crippen LogP contribution in [0, 0.1) is 0 Å². The Morgan fingerprint density at radius 3 is 2.15 bits per heavy atom. The van der Waals surface area contributed by atoms with Gasteiger partial charge in [0, 0.05) is 29.9 Å². The first kappa shape index (κ1) is 19.5. The second kappa shape index (κ2) is 10.9. The van der Waals surface area contributed by atoms with Crippen LogP contribution in [0.3, 0.4) is 0 Å².